The summed E-state index contributed by atoms with van der Waals surface area (Å²) in [6.07, 6.45) is 1.64. The number of anilines is 1. The molecule has 0 spiro atoms. The number of hydrogen-bond acceptors (Lipinski definition) is 5. The fraction of sp³-hybridized carbons (Fsp3) is 0.450. The van der Waals surface area contributed by atoms with Crippen LogP contribution in [0, 0.1) is 22.0 Å². The Kier molecular flexibility index (Phi) is 7.07. The molecule has 0 saturated heterocycles. The summed E-state index contributed by atoms with van der Waals surface area (Å²) >= 11 is 6.55. The van der Waals surface area contributed by atoms with Gasteiger partial charge < -0.3 is 14.2 Å². The van der Waals surface area contributed by atoms with Crippen molar-refractivity contribution in [3.8, 4) is 5.69 Å². The molecule has 0 aliphatic heterocycles. The zero-order valence-corrected chi connectivity index (χ0v) is 17.6. The van der Waals surface area contributed by atoms with E-state index in [4.69, 9.17) is 16.3 Å². The number of methoxy groups -OCH3 is 1. The SMILES string of the molecule is COC(=O)c1cccn1-c1cc(Cl)c(N(CC(C)C)CC(C)C)c([N+](=O)[O-])c1. The van der Waals surface area contributed by atoms with E-state index in [-0.39, 0.29) is 16.4 Å². The predicted molar refractivity (Wildman–Crippen MR) is 111 cm³/mol. The predicted octanol–water partition coefficient (Wildman–Crippen LogP) is 4.94. The Morgan fingerprint density at radius 2 is 1.86 bits per heavy atom. The summed E-state index contributed by atoms with van der Waals surface area (Å²) in [6.45, 7) is 9.53. The monoisotopic (exact) mass is 407 g/mol. The molecule has 8 heteroatoms. The van der Waals surface area contributed by atoms with Gasteiger partial charge >= 0.3 is 5.97 Å². The molecule has 0 radical (unpaired) electrons. The number of aromatic nitrogens is 1. The van der Waals surface area contributed by atoms with Crippen LogP contribution in [0.15, 0.2) is 30.5 Å². The molecule has 0 saturated carbocycles. The van der Waals surface area contributed by atoms with Gasteiger partial charge in [-0.2, -0.15) is 0 Å². The number of esters is 1. The zero-order chi connectivity index (χ0) is 21.0. The van der Waals surface area contributed by atoms with Crippen molar-refractivity contribution in [1.29, 1.82) is 0 Å². The molecule has 0 aliphatic rings. The van der Waals surface area contributed by atoms with Crippen LogP contribution in [0.2, 0.25) is 5.02 Å². The molecule has 28 heavy (non-hydrogen) atoms. The normalized spacial score (nSPS) is 11.1. The molecule has 152 valence electrons. The first kappa shape index (κ1) is 21.8. The number of nitro benzene ring substituents is 1. The van der Waals surface area contributed by atoms with Crippen LogP contribution in [-0.2, 0) is 4.74 Å². The number of nitro groups is 1. The third-order valence-corrected chi connectivity index (χ3v) is 4.42. The Hall–Kier alpha value is -2.54. The van der Waals surface area contributed by atoms with Crippen LogP contribution in [0.1, 0.15) is 38.2 Å². The fourth-order valence-electron chi connectivity index (χ4n) is 3.18. The molecule has 1 aromatic carbocycles. The Balaban J connectivity index is 2.63. The lowest BCUT2D eigenvalue weighted by Crippen LogP contribution is -2.32. The minimum atomic E-state index is -0.533. The van der Waals surface area contributed by atoms with E-state index in [0.29, 0.717) is 36.3 Å². The lowest BCUT2D eigenvalue weighted by atomic mass is 10.1. The highest BCUT2D eigenvalue weighted by molar-refractivity contribution is 6.34. The van der Waals surface area contributed by atoms with Crippen molar-refractivity contribution in [1.82, 2.24) is 4.57 Å². The van der Waals surface area contributed by atoms with Crippen molar-refractivity contribution >= 4 is 28.9 Å². The highest BCUT2D eigenvalue weighted by Gasteiger charge is 2.26. The Labute approximate surface area is 170 Å². The summed E-state index contributed by atoms with van der Waals surface area (Å²) in [7, 11) is 1.29. The van der Waals surface area contributed by atoms with Gasteiger partial charge in [0.05, 0.1) is 22.7 Å². The molecule has 1 heterocycles. The van der Waals surface area contributed by atoms with Crippen LogP contribution in [0.3, 0.4) is 0 Å². The van der Waals surface area contributed by atoms with E-state index >= 15 is 0 Å². The van der Waals surface area contributed by atoms with Crippen LogP contribution in [0.5, 0.6) is 0 Å². The maximum atomic E-state index is 12.0. The van der Waals surface area contributed by atoms with Gasteiger partial charge in [-0.15, -0.1) is 0 Å². The molecule has 0 atom stereocenters. The lowest BCUT2D eigenvalue weighted by Gasteiger charge is -2.29. The lowest BCUT2D eigenvalue weighted by molar-refractivity contribution is -0.384. The molecular weight excluding hydrogens is 382 g/mol. The standard InChI is InChI=1S/C20H26ClN3O4/c1-13(2)11-22(12-14(3)4)19-16(21)9-15(10-18(19)24(26)27)23-8-6-7-17(23)20(25)28-5/h6-10,13-14H,11-12H2,1-5H3. The summed E-state index contributed by atoms with van der Waals surface area (Å²) in [6, 6.07) is 6.35. The summed E-state index contributed by atoms with van der Waals surface area (Å²) in [5, 5.41) is 12.1. The molecule has 0 unspecified atom stereocenters. The third-order valence-electron chi connectivity index (χ3n) is 4.13. The van der Waals surface area contributed by atoms with Gasteiger partial charge in [-0.1, -0.05) is 39.3 Å². The zero-order valence-electron chi connectivity index (χ0n) is 16.8. The number of carbonyl (C=O) groups is 1. The van der Waals surface area contributed by atoms with Crippen LogP contribution < -0.4 is 4.90 Å². The Morgan fingerprint density at radius 3 is 2.36 bits per heavy atom. The van der Waals surface area contributed by atoms with Gasteiger partial charge in [-0.25, -0.2) is 4.79 Å². The van der Waals surface area contributed by atoms with Gasteiger partial charge in [0.2, 0.25) is 0 Å². The van der Waals surface area contributed by atoms with E-state index in [0.717, 1.165) is 0 Å². The highest BCUT2D eigenvalue weighted by atomic mass is 35.5. The molecule has 0 bridgehead atoms. The van der Waals surface area contributed by atoms with Crippen LogP contribution in [-0.4, -0.2) is 35.7 Å². The van der Waals surface area contributed by atoms with E-state index in [9.17, 15) is 14.9 Å². The minimum absolute atomic E-state index is 0.0895. The average molecular weight is 408 g/mol. The largest absolute Gasteiger partial charge is 0.464 e. The molecule has 0 amide bonds. The van der Waals surface area contributed by atoms with Crippen molar-refractivity contribution in [3.63, 3.8) is 0 Å². The summed E-state index contributed by atoms with van der Waals surface area (Å²) in [5.41, 5.74) is 1.01. The van der Waals surface area contributed by atoms with Gasteiger partial charge in [-0.05, 0) is 30.0 Å². The number of rotatable bonds is 8. The van der Waals surface area contributed by atoms with Crippen LogP contribution in [0.4, 0.5) is 11.4 Å². The van der Waals surface area contributed by atoms with E-state index < -0.39 is 10.9 Å². The molecule has 0 aliphatic carbocycles. The third kappa shape index (κ3) is 4.84. The van der Waals surface area contributed by atoms with E-state index in [1.807, 2.05) is 4.90 Å². The van der Waals surface area contributed by atoms with Gasteiger partial charge in [0.15, 0.2) is 0 Å². The second-order valence-electron chi connectivity index (χ2n) is 7.50. The molecule has 1 aromatic heterocycles. The van der Waals surface area contributed by atoms with Gasteiger partial charge in [0.1, 0.15) is 11.4 Å². The van der Waals surface area contributed by atoms with Crippen molar-refractivity contribution in [2.75, 3.05) is 25.1 Å². The van der Waals surface area contributed by atoms with E-state index in [1.54, 1.807) is 24.4 Å². The smallest absolute Gasteiger partial charge is 0.355 e. The Bertz CT molecular complexity index is 851. The average Bonchev–Trinajstić information content (AvgIpc) is 3.08. The summed E-state index contributed by atoms with van der Waals surface area (Å²) in [5.74, 6) is 0.0861. The number of nitrogens with zero attached hydrogens (tertiary/aromatic N) is 3. The molecule has 7 nitrogen and oxygen atoms in total. The minimum Gasteiger partial charge on any atom is -0.464 e. The van der Waals surface area contributed by atoms with Gasteiger partial charge in [-0.3, -0.25) is 10.1 Å². The number of hydrogen-bond donors (Lipinski definition) is 0. The second kappa shape index (κ2) is 9.10. The molecule has 2 aromatic rings. The van der Waals surface area contributed by atoms with Crippen molar-refractivity contribution in [3.05, 3.63) is 51.3 Å². The molecule has 0 fully saturated rings. The fourth-order valence-corrected chi connectivity index (χ4v) is 3.51. The van der Waals surface area contributed by atoms with Gasteiger partial charge in [0, 0.05) is 25.4 Å². The van der Waals surface area contributed by atoms with Gasteiger partial charge in [0.25, 0.3) is 5.69 Å². The number of benzene rings is 1. The topological polar surface area (TPSA) is 77.6 Å². The quantitative estimate of drug-likeness (QED) is 0.351. The maximum absolute atomic E-state index is 12.0. The first-order valence-electron chi connectivity index (χ1n) is 9.14. The number of carbonyl (C=O) groups excluding carboxylic acids is 1. The number of ether oxygens (including phenoxy) is 1. The van der Waals surface area contributed by atoms with E-state index in [2.05, 4.69) is 27.7 Å². The van der Waals surface area contributed by atoms with Crippen molar-refractivity contribution < 1.29 is 14.5 Å². The Morgan fingerprint density at radius 1 is 1.25 bits per heavy atom. The maximum Gasteiger partial charge on any atom is 0.355 e. The highest BCUT2D eigenvalue weighted by Crippen LogP contribution is 2.39. The first-order chi connectivity index (χ1) is 13.1. The van der Waals surface area contributed by atoms with Crippen molar-refractivity contribution in [2.45, 2.75) is 27.7 Å². The van der Waals surface area contributed by atoms with Crippen molar-refractivity contribution in [2.24, 2.45) is 11.8 Å². The molecule has 0 N–H and O–H groups in total. The first-order valence-corrected chi connectivity index (χ1v) is 9.52. The second-order valence-corrected chi connectivity index (χ2v) is 7.91. The molecule has 2 rings (SSSR count). The van der Waals surface area contributed by atoms with Crippen LogP contribution in [0.25, 0.3) is 5.69 Å². The summed E-state index contributed by atoms with van der Waals surface area (Å²) in [4.78, 5) is 25.4. The molecular formula is C20H26ClN3O4. The summed E-state index contributed by atoms with van der Waals surface area (Å²) < 4.78 is 6.31. The van der Waals surface area contributed by atoms with Crippen LogP contribution >= 0.6 is 11.6 Å². The van der Waals surface area contributed by atoms with E-state index in [1.165, 1.54) is 17.7 Å². The number of halogens is 1.